The number of methoxy groups -OCH3 is 1. The average molecular weight is 486 g/mol. The van der Waals surface area contributed by atoms with Crippen molar-refractivity contribution in [2.75, 3.05) is 12.4 Å². The minimum atomic E-state index is -4.63. The van der Waals surface area contributed by atoms with Crippen LogP contribution in [0.1, 0.15) is 21.5 Å². The first kappa shape index (κ1) is 23.4. The lowest BCUT2D eigenvalue weighted by atomic mass is 10.1. The summed E-state index contributed by atoms with van der Waals surface area (Å²) in [7, 11) is 1.50. The summed E-state index contributed by atoms with van der Waals surface area (Å²) in [6.07, 6.45) is -4.63. The summed E-state index contributed by atoms with van der Waals surface area (Å²) in [4.78, 5) is 12.8. The number of benzene rings is 4. The number of anilines is 1. The van der Waals surface area contributed by atoms with E-state index < -0.39 is 22.7 Å². The van der Waals surface area contributed by atoms with Gasteiger partial charge in [-0.3, -0.25) is 4.79 Å². The molecule has 0 aliphatic heterocycles. The Morgan fingerprint density at radius 2 is 1.71 bits per heavy atom. The molecule has 1 N–H and O–H groups in total. The van der Waals surface area contributed by atoms with E-state index in [0.29, 0.717) is 17.1 Å². The molecular weight excluding hydrogens is 467 g/mol. The van der Waals surface area contributed by atoms with Crippen LogP contribution in [0, 0.1) is 0 Å². The predicted molar refractivity (Wildman–Crippen MR) is 126 cm³/mol. The SMILES string of the molecule is COc1ccc(C(=O)Nc2ccc(Cl)c(C(F)(F)F)c2)cc1COc1cccc2ccccc12. The number of ether oxygens (including phenoxy) is 2. The van der Waals surface area contributed by atoms with Gasteiger partial charge in [0.15, 0.2) is 0 Å². The van der Waals surface area contributed by atoms with Crippen LogP contribution in [0.5, 0.6) is 11.5 Å². The topological polar surface area (TPSA) is 47.6 Å². The van der Waals surface area contributed by atoms with Crippen LogP contribution >= 0.6 is 11.6 Å². The standard InChI is InChI=1S/C26H19ClF3NO3/c1-33-23-12-9-17(25(32)31-19-10-11-22(27)21(14-19)26(28,29)30)13-18(23)15-34-24-8-4-6-16-5-2-3-7-20(16)24/h2-14H,15H2,1H3,(H,31,32). The highest BCUT2D eigenvalue weighted by Gasteiger charge is 2.33. The lowest BCUT2D eigenvalue weighted by Crippen LogP contribution is -2.14. The Balaban J connectivity index is 1.56. The van der Waals surface area contributed by atoms with Crippen molar-refractivity contribution in [3.63, 3.8) is 0 Å². The highest BCUT2D eigenvalue weighted by molar-refractivity contribution is 6.31. The summed E-state index contributed by atoms with van der Waals surface area (Å²) in [5.74, 6) is 0.614. The van der Waals surface area contributed by atoms with Crippen molar-refractivity contribution >= 4 is 34.0 Å². The molecule has 0 aromatic heterocycles. The Hall–Kier alpha value is -3.71. The Labute approximate surface area is 198 Å². The van der Waals surface area contributed by atoms with E-state index in [-0.39, 0.29) is 17.9 Å². The summed E-state index contributed by atoms with van der Waals surface area (Å²) in [5, 5.41) is 4.01. The van der Waals surface area contributed by atoms with Crippen molar-refractivity contribution in [2.45, 2.75) is 12.8 Å². The van der Waals surface area contributed by atoms with Crippen LogP contribution in [0.4, 0.5) is 18.9 Å². The molecule has 0 saturated heterocycles. The van der Waals surface area contributed by atoms with Crippen LogP contribution in [0.25, 0.3) is 10.8 Å². The number of carbonyl (C=O) groups is 1. The largest absolute Gasteiger partial charge is 0.496 e. The van der Waals surface area contributed by atoms with Gasteiger partial charge in [-0.2, -0.15) is 13.2 Å². The Morgan fingerprint density at radius 3 is 2.47 bits per heavy atom. The van der Waals surface area contributed by atoms with Gasteiger partial charge >= 0.3 is 6.18 Å². The monoisotopic (exact) mass is 485 g/mol. The van der Waals surface area contributed by atoms with Crippen molar-refractivity contribution in [1.29, 1.82) is 0 Å². The van der Waals surface area contributed by atoms with Gasteiger partial charge in [0.05, 0.1) is 17.7 Å². The average Bonchev–Trinajstić information content (AvgIpc) is 2.83. The summed E-state index contributed by atoms with van der Waals surface area (Å²) < 4.78 is 50.8. The molecule has 0 atom stereocenters. The molecule has 0 heterocycles. The zero-order chi connectivity index (χ0) is 24.3. The zero-order valence-corrected chi connectivity index (χ0v) is 18.7. The minimum Gasteiger partial charge on any atom is -0.496 e. The van der Waals surface area contributed by atoms with E-state index >= 15 is 0 Å². The van der Waals surface area contributed by atoms with Gasteiger partial charge in [0.2, 0.25) is 0 Å². The fourth-order valence-corrected chi connectivity index (χ4v) is 3.76. The first-order chi connectivity index (χ1) is 16.3. The third kappa shape index (κ3) is 5.10. The number of hydrogen-bond donors (Lipinski definition) is 1. The van der Waals surface area contributed by atoms with Crippen molar-refractivity contribution in [3.05, 3.63) is 101 Å². The molecule has 4 aromatic rings. The summed E-state index contributed by atoms with van der Waals surface area (Å²) >= 11 is 5.65. The second-order valence-corrected chi connectivity index (χ2v) is 7.85. The molecule has 8 heteroatoms. The fourth-order valence-electron chi connectivity index (χ4n) is 3.53. The van der Waals surface area contributed by atoms with Gasteiger partial charge in [0.1, 0.15) is 18.1 Å². The molecule has 4 rings (SSSR count). The molecular formula is C26H19ClF3NO3. The highest BCUT2D eigenvalue weighted by Crippen LogP contribution is 2.36. The zero-order valence-electron chi connectivity index (χ0n) is 17.9. The van der Waals surface area contributed by atoms with Gasteiger partial charge in [-0.1, -0.05) is 48.0 Å². The molecule has 0 aliphatic carbocycles. The Kier molecular flexibility index (Phi) is 6.65. The lowest BCUT2D eigenvalue weighted by Gasteiger charge is -2.14. The molecule has 1 amide bonds. The molecule has 0 radical (unpaired) electrons. The van der Waals surface area contributed by atoms with E-state index in [4.69, 9.17) is 21.1 Å². The maximum atomic E-state index is 13.1. The van der Waals surface area contributed by atoms with Crippen LogP contribution < -0.4 is 14.8 Å². The maximum absolute atomic E-state index is 13.1. The number of hydrogen-bond acceptors (Lipinski definition) is 3. The molecule has 0 spiro atoms. The molecule has 0 aliphatic rings. The lowest BCUT2D eigenvalue weighted by molar-refractivity contribution is -0.137. The van der Waals surface area contributed by atoms with Crippen molar-refractivity contribution in [2.24, 2.45) is 0 Å². The molecule has 174 valence electrons. The number of carbonyl (C=O) groups excluding carboxylic acids is 1. The number of rotatable bonds is 6. The molecule has 34 heavy (non-hydrogen) atoms. The van der Waals surface area contributed by atoms with E-state index in [1.807, 2.05) is 42.5 Å². The number of nitrogens with one attached hydrogen (secondary N) is 1. The minimum absolute atomic E-state index is 0.0221. The van der Waals surface area contributed by atoms with E-state index in [0.717, 1.165) is 22.9 Å². The van der Waals surface area contributed by atoms with Crippen LogP contribution in [-0.2, 0) is 12.8 Å². The molecule has 0 bridgehead atoms. The van der Waals surface area contributed by atoms with E-state index in [1.54, 1.807) is 12.1 Å². The third-order valence-corrected chi connectivity index (χ3v) is 5.53. The highest BCUT2D eigenvalue weighted by atomic mass is 35.5. The molecule has 4 nitrogen and oxygen atoms in total. The molecule has 0 unspecified atom stereocenters. The molecule has 4 aromatic carbocycles. The predicted octanol–water partition coefficient (Wildman–Crippen LogP) is 7.35. The van der Waals surface area contributed by atoms with Crippen molar-refractivity contribution in [3.8, 4) is 11.5 Å². The quantitative estimate of drug-likeness (QED) is 0.310. The van der Waals surface area contributed by atoms with Gasteiger partial charge in [0, 0.05) is 22.2 Å². The first-order valence-electron chi connectivity index (χ1n) is 10.2. The smallest absolute Gasteiger partial charge is 0.417 e. The Bertz CT molecular complexity index is 1350. The van der Waals surface area contributed by atoms with E-state index in [1.165, 1.54) is 19.2 Å². The van der Waals surface area contributed by atoms with Crippen LogP contribution in [0.15, 0.2) is 78.9 Å². The van der Waals surface area contributed by atoms with Gasteiger partial charge in [-0.25, -0.2) is 0 Å². The third-order valence-electron chi connectivity index (χ3n) is 5.21. The van der Waals surface area contributed by atoms with Gasteiger partial charge in [-0.15, -0.1) is 0 Å². The van der Waals surface area contributed by atoms with Crippen molar-refractivity contribution in [1.82, 2.24) is 0 Å². The van der Waals surface area contributed by atoms with Crippen molar-refractivity contribution < 1.29 is 27.4 Å². The molecule has 0 fully saturated rings. The van der Waals surface area contributed by atoms with Gasteiger partial charge in [-0.05, 0) is 47.9 Å². The van der Waals surface area contributed by atoms with E-state index in [2.05, 4.69) is 5.32 Å². The number of alkyl halides is 3. The number of halogens is 4. The molecule has 0 saturated carbocycles. The summed E-state index contributed by atoms with van der Waals surface area (Å²) in [6.45, 7) is 0.122. The summed E-state index contributed by atoms with van der Waals surface area (Å²) in [5.41, 5.74) is -0.201. The second-order valence-electron chi connectivity index (χ2n) is 7.44. The fraction of sp³-hybridized carbons (Fsp3) is 0.115. The van der Waals surface area contributed by atoms with E-state index in [9.17, 15) is 18.0 Å². The Morgan fingerprint density at radius 1 is 0.941 bits per heavy atom. The first-order valence-corrected chi connectivity index (χ1v) is 10.6. The number of fused-ring (bicyclic) bond motifs is 1. The summed E-state index contributed by atoms with van der Waals surface area (Å²) in [6, 6.07) is 21.4. The van der Waals surface area contributed by atoms with Gasteiger partial charge in [0.25, 0.3) is 5.91 Å². The van der Waals surface area contributed by atoms with Crippen LogP contribution in [0.3, 0.4) is 0 Å². The number of amides is 1. The second kappa shape index (κ2) is 9.65. The normalized spacial score (nSPS) is 11.3. The van der Waals surface area contributed by atoms with Crippen LogP contribution in [0.2, 0.25) is 5.02 Å². The van der Waals surface area contributed by atoms with Gasteiger partial charge < -0.3 is 14.8 Å². The maximum Gasteiger partial charge on any atom is 0.417 e. The van der Waals surface area contributed by atoms with Crippen LogP contribution in [-0.4, -0.2) is 13.0 Å².